The summed E-state index contributed by atoms with van der Waals surface area (Å²) in [6, 6.07) is 0. The smallest absolute Gasteiger partial charge is 0.191 e. The topological polar surface area (TPSA) is 67.1 Å². The molecule has 0 radical (unpaired) electrons. The van der Waals surface area contributed by atoms with Crippen LogP contribution in [0.2, 0.25) is 0 Å². The maximum Gasteiger partial charge on any atom is 0.191 e. The van der Waals surface area contributed by atoms with E-state index in [0.29, 0.717) is 12.5 Å². The standard InChI is InChI=1S/C17H32N6/c1-4-6-9-14(5-2)12-19-17(18-3)20-13-16-22-21-15-10-7-8-11-23(15)16/h14H,4-13H2,1-3H3,(H2,18,19,20). The number of hydrogen-bond donors (Lipinski definition) is 2. The molecule has 23 heavy (non-hydrogen) atoms. The van der Waals surface area contributed by atoms with E-state index in [1.54, 1.807) is 0 Å². The van der Waals surface area contributed by atoms with Gasteiger partial charge in [-0.05, 0) is 25.2 Å². The Labute approximate surface area is 140 Å². The van der Waals surface area contributed by atoms with E-state index >= 15 is 0 Å². The van der Waals surface area contributed by atoms with E-state index < -0.39 is 0 Å². The number of nitrogens with zero attached hydrogens (tertiary/aromatic N) is 4. The normalized spacial score (nSPS) is 16.0. The molecule has 0 fully saturated rings. The SMILES string of the molecule is CCCCC(CC)CNC(=NC)NCc1nnc2n1CCCC2. The number of rotatable bonds is 8. The Balaban J connectivity index is 1.80. The summed E-state index contributed by atoms with van der Waals surface area (Å²) >= 11 is 0. The molecular weight excluding hydrogens is 288 g/mol. The highest BCUT2D eigenvalue weighted by molar-refractivity contribution is 5.79. The van der Waals surface area contributed by atoms with Crippen LogP contribution in [-0.2, 0) is 19.5 Å². The second kappa shape index (κ2) is 9.53. The van der Waals surface area contributed by atoms with Crippen molar-refractivity contribution in [1.29, 1.82) is 0 Å². The van der Waals surface area contributed by atoms with Crippen LogP contribution in [-0.4, -0.2) is 34.3 Å². The Bertz CT molecular complexity index is 493. The zero-order valence-corrected chi connectivity index (χ0v) is 14.9. The van der Waals surface area contributed by atoms with Crippen LogP contribution in [0.25, 0.3) is 0 Å². The Morgan fingerprint density at radius 3 is 2.87 bits per heavy atom. The summed E-state index contributed by atoms with van der Waals surface area (Å²) in [5.41, 5.74) is 0. The monoisotopic (exact) mass is 320 g/mol. The van der Waals surface area contributed by atoms with Crippen molar-refractivity contribution in [3.05, 3.63) is 11.6 Å². The molecule has 6 nitrogen and oxygen atoms in total. The van der Waals surface area contributed by atoms with E-state index in [0.717, 1.165) is 37.1 Å². The molecule has 0 aromatic carbocycles. The molecule has 1 aliphatic heterocycles. The minimum atomic E-state index is 0.679. The fourth-order valence-electron chi connectivity index (χ4n) is 3.07. The largest absolute Gasteiger partial charge is 0.356 e. The Hall–Kier alpha value is -1.59. The molecule has 0 saturated heterocycles. The minimum Gasteiger partial charge on any atom is -0.356 e. The van der Waals surface area contributed by atoms with Crippen molar-refractivity contribution in [2.75, 3.05) is 13.6 Å². The van der Waals surface area contributed by atoms with Gasteiger partial charge in [-0.2, -0.15) is 0 Å². The van der Waals surface area contributed by atoms with Crippen LogP contribution in [0, 0.1) is 5.92 Å². The Morgan fingerprint density at radius 1 is 1.26 bits per heavy atom. The van der Waals surface area contributed by atoms with E-state index in [2.05, 4.69) is 44.2 Å². The van der Waals surface area contributed by atoms with Crippen LogP contribution in [0.1, 0.15) is 64.0 Å². The van der Waals surface area contributed by atoms with Crippen molar-refractivity contribution in [3.8, 4) is 0 Å². The molecule has 0 aliphatic carbocycles. The van der Waals surface area contributed by atoms with Gasteiger partial charge in [-0.1, -0.05) is 33.1 Å². The summed E-state index contributed by atoms with van der Waals surface area (Å²) < 4.78 is 2.25. The highest BCUT2D eigenvalue weighted by Gasteiger charge is 2.15. The number of aliphatic imine (C=N–C) groups is 1. The van der Waals surface area contributed by atoms with Crippen molar-refractivity contribution in [2.45, 2.75) is 71.9 Å². The molecule has 1 aliphatic rings. The zero-order valence-electron chi connectivity index (χ0n) is 14.9. The molecule has 2 rings (SSSR count). The van der Waals surface area contributed by atoms with Gasteiger partial charge in [0.25, 0.3) is 0 Å². The number of guanidine groups is 1. The average molecular weight is 320 g/mol. The van der Waals surface area contributed by atoms with Gasteiger partial charge in [0.2, 0.25) is 0 Å². The lowest BCUT2D eigenvalue weighted by molar-refractivity contribution is 0.443. The molecule has 130 valence electrons. The van der Waals surface area contributed by atoms with Crippen LogP contribution in [0.3, 0.4) is 0 Å². The summed E-state index contributed by atoms with van der Waals surface area (Å²) in [6.45, 7) is 7.22. The van der Waals surface area contributed by atoms with Crippen LogP contribution >= 0.6 is 0 Å². The molecule has 1 aromatic heterocycles. The van der Waals surface area contributed by atoms with Crippen LogP contribution in [0.5, 0.6) is 0 Å². The predicted octanol–water partition coefficient (Wildman–Crippen LogP) is 2.50. The maximum atomic E-state index is 4.32. The highest BCUT2D eigenvalue weighted by atomic mass is 15.3. The summed E-state index contributed by atoms with van der Waals surface area (Å²) in [6.07, 6.45) is 8.57. The quantitative estimate of drug-likeness (QED) is 0.570. The third-order valence-electron chi connectivity index (χ3n) is 4.68. The van der Waals surface area contributed by atoms with E-state index in [1.807, 2.05) is 7.05 Å². The predicted molar refractivity (Wildman–Crippen MR) is 94.5 cm³/mol. The zero-order chi connectivity index (χ0) is 16.5. The fourth-order valence-corrected chi connectivity index (χ4v) is 3.07. The number of unbranched alkanes of at least 4 members (excludes halogenated alkanes) is 1. The fraction of sp³-hybridized carbons (Fsp3) is 0.824. The van der Waals surface area contributed by atoms with E-state index in [4.69, 9.17) is 0 Å². The number of fused-ring (bicyclic) bond motifs is 1. The average Bonchev–Trinajstić information content (AvgIpc) is 3.01. The van der Waals surface area contributed by atoms with Gasteiger partial charge in [-0.15, -0.1) is 10.2 Å². The first-order valence-electron chi connectivity index (χ1n) is 9.13. The maximum absolute atomic E-state index is 4.32. The van der Waals surface area contributed by atoms with Gasteiger partial charge in [0.05, 0.1) is 6.54 Å². The molecule has 6 heteroatoms. The third kappa shape index (κ3) is 5.22. The summed E-state index contributed by atoms with van der Waals surface area (Å²) in [5.74, 6) is 3.71. The lowest BCUT2D eigenvalue weighted by Crippen LogP contribution is -2.40. The third-order valence-corrected chi connectivity index (χ3v) is 4.68. The first kappa shape index (κ1) is 17.8. The van der Waals surface area contributed by atoms with E-state index in [1.165, 1.54) is 38.5 Å². The molecule has 0 bridgehead atoms. The van der Waals surface area contributed by atoms with Crippen molar-refractivity contribution in [2.24, 2.45) is 10.9 Å². The Morgan fingerprint density at radius 2 is 2.13 bits per heavy atom. The Kier molecular flexibility index (Phi) is 7.36. The van der Waals surface area contributed by atoms with Crippen LogP contribution in [0.15, 0.2) is 4.99 Å². The second-order valence-electron chi connectivity index (χ2n) is 6.36. The first-order chi connectivity index (χ1) is 11.3. The number of nitrogens with one attached hydrogen (secondary N) is 2. The summed E-state index contributed by atoms with van der Waals surface area (Å²) in [7, 11) is 1.82. The molecule has 0 saturated carbocycles. The van der Waals surface area contributed by atoms with Gasteiger partial charge < -0.3 is 15.2 Å². The van der Waals surface area contributed by atoms with Gasteiger partial charge >= 0.3 is 0 Å². The minimum absolute atomic E-state index is 0.679. The highest BCUT2D eigenvalue weighted by Crippen LogP contribution is 2.14. The van der Waals surface area contributed by atoms with Crippen molar-refractivity contribution in [3.63, 3.8) is 0 Å². The summed E-state index contributed by atoms with van der Waals surface area (Å²) in [5, 5.41) is 15.4. The van der Waals surface area contributed by atoms with E-state index in [9.17, 15) is 0 Å². The number of aromatic nitrogens is 3. The molecular formula is C17H32N6. The molecule has 2 heterocycles. The van der Waals surface area contributed by atoms with Gasteiger partial charge in [-0.3, -0.25) is 4.99 Å². The molecule has 1 aromatic rings. The molecule has 1 atom stereocenters. The lowest BCUT2D eigenvalue weighted by Gasteiger charge is -2.18. The number of hydrogen-bond acceptors (Lipinski definition) is 3. The van der Waals surface area contributed by atoms with Gasteiger partial charge in [0, 0.05) is 26.6 Å². The van der Waals surface area contributed by atoms with Crippen LogP contribution < -0.4 is 10.6 Å². The van der Waals surface area contributed by atoms with Crippen molar-refractivity contribution in [1.82, 2.24) is 25.4 Å². The molecule has 0 amide bonds. The molecule has 2 N–H and O–H groups in total. The second-order valence-corrected chi connectivity index (χ2v) is 6.36. The van der Waals surface area contributed by atoms with Gasteiger partial charge in [0.1, 0.15) is 5.82 Å². The number of aryl methyl sites for hydroxylation is 1. The van der Waals surface area contributed by atoms with E-state index in [-0.39, 0.29) is 0 Å². The molecule has 1 unspecified atom stereocenters. The van der Waals surface area contributed by atoms with Gasteiger partial charge in [0.15, 0.2) is 11.8 Å². The summed E-state index contributed by atoms with van der Waals surface area (Å²) in [4.78, 5) is 4.32. The van der Waals surface area contributed by atoms with Crippen molar-refractivity contribution >= 4 is 5.96 Å². The molecule has 0 spiro atoms. The lowest BCUT2D eigenvalue weighted by atomic mass is 9.99. The van der Waals surface area contributed by atoms with Crippen molar-refractivity contribution < 1.29 is 0 Å². The van der Waals surface area contributed by atoms with Gasteiger partial charge in [-0.25, -0.2) is 0 Å². The van der Waals surface area contributed by atoms with Crippen LogP contribution in [0.4, 0.5) is 0 Å². The first-order valence-corrected chi connectivity index (χ1v) is 9.13.